The number of nitrogens with zero attached hydrogens (tertiary/aromatic N) is 1. The second kappa shape index (κ2) is 5.12. The summed E-state index contributed by atoms with van der Waals surface area (Å²) in [5.41, 5.74) is 8.25. The summed E-state index contributed by atoms with van der Waals surface area (Å²) in [5.74, 6) is 0.409. The number of carbonyl (C=O) groups is 1. The Morgan fingerprint density at radius 3 is 2.44 bits per heavy atom. The quantitative estimate of drug-likeness (QED) is 0.790. The smallest absolute Gasteiger partial charge is 0.178 e. The molecule has 0 radical (unpaired) electrons. The van der Waals surface area contributed by atoms with Crippen molar-refractivity contribution < 1.29 is 4.79 Å². The highest BCUT2D eigenvalue weighted by atomic mass is 16.1. The van der Waals surface area contributed by atoms with Crippen molar-refractivity contribution in [2.24, 2.45) is 5.73 Å². The summed E-state index contributed by atoms with van der Waals surface area (Å²) in [6, 6.07) is 6.00. The van der Waals surface area contributed by atoms with Crippen molar-refractivity contribution in [1.82, 2.24) is 0 Å². The number of hydrogen-bond acceptors (Lipinski definition) is 3. The normalized spacial score (nSPS) is 10.6. The molecule has 0 aromatic heterocycles. The molecule has 0 aliphatic heterocycles. The molecule has 0 aliphatic rings. The fraction of sp³-hybridized carbons (Fsp3) is 0.462. The van der Waals surface area contributed by atoms with Gasteiger partial charge in [-0.3, -0.25) is 4.79 Å². The van der Waals surface area contributed by atoms with Gasteiger partial charge in [0.1, 0.15) is 0 Å². The molecule has 0 saturated carbocycles. The summed E-state index contributed by atoms with van der Waals surface area (Å²) in [5, 5.41) is 0. The van der Waals surface area contributed by atoms with Gasteiger partial charge in [-0.1, -0.05) is 19.9 Å². The molecule has 0 fully saturated rings. The maximum atomic E-state index is 11.8. The molecular weight excluding hydrogens is 200 g/mol. The van der Waals surface area contributed by atoms with E-state index < -0.39 is 0 Å². The molecule has 0 aliphatic carbocycles. The molecular formula is C13H20N2O. The Bertz CT molecular complexity index is 384. The van der Waals surface area contributed by atoms with Crippen LogP contribution in [0.5, 0.6) is 0 Å². The van der Waals surface area contributed by atoms with Crippen LogP contribution < -0.4 is 10.6 Å². The molecule has 16 heavy (non-hydrogen) atoms. The van der Waals surface area contributed by atoms with E-state index in [1.807, 2.05) is 31.1 Å². The Morgan fingerprint density at radius 1 is 1.38 bits per heavy atom. The first kappa shape index (κ1) is 12.7. The van der Waals surface area contributed by atoms with Gasteiger partial charge in [0.15, 0.2) is 5.78 Å². The van der Waals surface area contributed by atoms with Gasteiger partial charge in [-0.25, -0.2) is 0 Å². The van der Waals surface area contributed by atoms with Crippen molar-refractivity contribution in [3.63, 3.8) is 0 Å². The van der Waals surface area contributed by atoms with Crippen LogP contribution in [-0.2, 0) is 0 Å². The van der Waals surface area contributed by atoms with Crippen LogP contribution in [0.15, 0.2) is 18.2 Å². The molecule has 0 unspecified atom stereocenters. The van der Waals surface area contributed by atoms with Gasteiger partial charge in [-0.05, 0) is 23.6 Å². The van der Waals surface area contributed by atoms with E-state index in [0.29, 0.717) is 5.92 Å². The topological polar surface area (TPSA) is 46.3 Å². The Morgan fingerprint density at radius 2 is 2.00 bits per heavy atom. The van der Waals surface area contributed by atoms with Gasteiger partial charge in [-0.2, -0.15) is 0 Å². The first-order chi connectivity index (χ1) is 7.47. The first-order valence-electron chi connectivity index (χ1n) is 5.52. The lowest BCUT2D eigenvalue weighted by molar-refractivity contribution is 0.100. The number of Topliss-reactive ketones (excluding diaryl/α,β-unsaturated/α-hetero) is 1. The van der Waals surface area contributed by atoms with E-state index in [2.05, 4.69) is 19.9 Å². The van der Waals surface area contributed by atoms with Crippen LogP contribution in [0.3, 0.4) is 0 Å². The third-order valence-corrected chi connectivity index (χ3v) is 2.65. The van der Waals surface area contributed by atoms with Gasteiger partial charge in [0.25, 0.3) is 0 Å². The Labute approximate surface area is 97.2 Å². The van der Waals surface area contributed by atoms with E-state index in [1.165, 1.54) is 5.56 Å². The minimum Gasteiger partial charge on any atom is -0.377 e. The zero-order valence-electron chi connectivity index (χ0n) is 10.4. The number of rotatable bonds is 4. The molecule has 0 spiro atoms. The standard InChI is InChI=1S/C13H20N2O/c1-9(2)10-5-6-12(15(3)4)11(7-10)13(16)8-14/h5-7,9H,8,14H2,1-4H3. The van der Waals surface area contributed by atoms with Gasteiger partial charge in [0, 0.05) is 25.3 Å². The minimum absolute atomic E-state index is 0.00815. The minimum atomic E-state index is -0.00815. The number of ketones is 1. The van der Waals surface area contributed by atoms with Crippen LogP contribution in [-0.4, -0.2) is 26.4 Å². The number of nitrogens with two attached hydrogens (primary N) is 1. The second-order valence-corrected chi connectivity index (χ2v) is 4.45. The van der Waals surface area contributed by atoms with E-state index in [4.69, 9.17) is 5.73 Å². The number of benzene rings is 1. The molecule has 1 rings (SSSR count). The maximum absolute atomic E-state index is 11.8. The molecule has 88 valence electrons. The Kier molecular flexibility index (Phi) is 4.07. The van der Waals surface area contributed by atoms with Crippen molar-refractivity contribution in [3.05, 3.63) is 29.3 Å². The Hall–Kier alpha value is -1.35. The predicted octanol–water partition coefficient (Wildman–Crippen LogP) is 2.02. The van der Waals surface area contributed by atoms with Crippen LogP contribution in [0.2, 0.25) is 0 Å². The van der Waals surface area contributed by atoms with Crippen molar-refractivity contribution >= 4 is 11.5 Å². The highest BCUT2D eigenvalue weighted by Crippen LogP contribution is 2.24. The lowest BCUT2D eigenvalue weighted by atomic mass is 9.97. The van der Waals surface area contributed by atoms with Gasteiger partial charge in [0.2, 0.25) is 0 Å². The number of anilines is 1. The van der Waals surface area contributed by atoms with Crippen LogP contribution in [0.25, 0.3) is 0 Å². The van der Waals surface area contributed by atoms with Crippen molar-refractivity contribution in [2.45, 2.75) is 19.8 Å². The van der Waals surface area contributed by atoms with Gasteiger partial charge >= 0.3 is 0 Å². The molecule has 0 amide bonds. The second-order valence-electron chi connectivity index (χ2n) is 4.45. The summed E-state index contributed by atoms with van der Waals surface area (Å²) in [6.45, 7) is 4.28. The largest absolute Gasteiger partial charge is 0.377 e. The van der Waals surface area contributed by atoms with Gasteiger partial charge in [0.05, 0.1) is 6.54 Å². The molecule has 0 atom stereocenters. The van der Waals surface area contributed by atoms with Gasteiger partial charge < -0.3 is 10.6 Å². The van der Waals surface area contributed by atoms with Crippen molar-refractivity contribution in [3.8, 4) is 0 Å². The van der Waals surface area contributed by atoms with E-state index in [9.17, 15) is 4.79 Å². The molecule has 2 N–H and O–H groups in total. The van der Waals surface area contributed by atoms with E-state index in [0.717, 1.165) is 11.3 Å². The van der Waals surface area contributed by atoms with Gasteiger partial charge in [-0.15, -0.1) is 0 Å². The number of carbonyl (C=O) groups excluding carboxylic acids is 1. The zero-order valence-corrected chi connectivity index (χ0v) is 10.4. The molecule has 3 heteroatoms. The van der Waals surface area contributed by atoms with Crippen molar-refractivity contribution in [2.75, 3.05) is 25.5 Å². The molecule has 0 heterocycles. The first-order valence-corrected chi connectivity index (χ1v) is 5.52. The van der Waals surface area contributed by atoms with E-state index >= 15 is 0 Å². The average molecular weight is 220 g/mol. The summed E-state index contributed by atoms with van der Waals surface area (Å²) in [7, 11) is 3.86. The summed E-state index contributed by atoms with van der Waals surface area (Å²) in [4.78, 5) is 13.7. The summed E-state index contributed by atoms with van der Waals surface area (Å²) in [6.07, 6.45) is 0. The SMILES string of the molecule is CC(C)c1ccc(N(C)C)c(C(=O)CN)c1. The molecule has 1 aromatic carbocycles. The van der Waals surface area contributed by atoms with E-state index in [1.54, 1.807) is 0 Å². The predicted molar refractivity (Wildman–Crippen MR) is 68.2 cm³/mol. The average Bonchev–Trinajstić information content (AvgIpc) is 2.26. The summed E-state index contributed by atoms with van der Waals surface area (Å²) < 4.78 is 0. The third-order valence-electron chi connectivity index (χ3n) is 2.65. The lowest BCUT2D eigenvalue weighted by Crippen LogP contribution is -2.19. The highest BCUT2D eigenvalue weighted by Gasteiger charge is 2.13. The maximum Gasteiger partial charge on any atom is 0.178 e. The summed E-state index contributed by atoms with van der Waals surface area (Å²) >= 11 is 0. The molecule has 0 bridgehead atoms. The molecule has 1 aromatic rings. The fourth-order valence-electron chi connectivity index (χ4n) is 1.64. The highest BCUT2D eigenvalue weighted by molar-refractivity contribution is 6.02. The number of hydrogen-bond donors (Lipinski definition) is 1. The van der Waals surface area contributed by atoms with E-state index in [-0.39, 0.29) is 12.3 Å². The molecule has 0 saturated heterocycles. The fourth-order valence-corrected chi connectivity index (χ4v) is 1.64. The van der Waals surface area contributed by atoms with Crippen LogP contribution in [0.1, 0.15) is 35.7 Å². The Balaban J connectivity index is 3.26. The lowest BCUT2D eigenvalue weighted by Gasteiger charge is -2.18. The monoisotopic (exact) mass is 220 g/mol. The zero-order chi connectivity index (χ0) is 12.3. The third kappa shape index (κ3) is 2.61. The van der Waals surface area contributed by atoms with Crippen LogP contribution in [0.4, 0.5) is 5.69 Å². The van der Waals surface area contributed by atoms with Crippen LogP contribution in [0, 0.1) is 0 Å². The van der Waals surface area contributed by atoms with Crippen LogP contribution >= 0.6 is 0 Å². The molecule has 3 nitrogen and oxygen atoms in total. The van der Waals surface area contributed by atoms with Crippen molar-refractivity contribution in [1.29, 1.82) is 0 Å².